The molecule has 9 rings (SSSR count). The minimum absolute atomic E-state index is 0. The second kappa shape index (κ2) is 9.00. The van der Waals surface area contributed by atoms with Gasteiger partial charge in [0.25, 0.3) is 0 Å². The molecule has 0 N–H and O–H groups in total. The van der Waals surface area contributed by atoms with E-state index >= 15 is 0 Å². The van der Waals surface area contributed by atoms with E-state index in [0.717, 1.165) is 55.0 Å². The maximum absolute atomic E-state index is 4.99. The van der Waals surface area contributed by atoms with Crippen LogP contribution < -0.4 is 9.97 Å². The van der Waals surface area contributed by atoms with Crippen molar-refractivity contribution in [3.8, 4) is 45.4 Å². The minimum atomic E-state index is 0. The van der Waals surface area contributed by atoms with Crippen LogP contribution in [-0.4, -0.2) is 24.9 Å². The van der Waals surface area contributed by atoms with Gasteiger partial charge in [0, 0.05) is 33.5 Å². The predicted octanol–water partition coefficient (Wildman–Crippen LogP) is 6.73. The Morgan fingerprint density at radius 3 is 1.39 bits per heavy atom. The van der Waals surface area contributed by atoms with Crippen LogP contribution in [-0.2, 0) is 20.4 Å². The third-order valence-electron chi connectivity index (χ3n) is 7.49. The molecule has 0 unspecified atom stereocenters. The maximum atomic E-state index is 4.99. The molecular weight excluding hydrogens is 601 g/mol. The molecule has 5 heterocycles. The minimum Gasteiger partial charge on any atom is -0.435 e. The van der Waals surface area contributed by atoms with Crippen molar-refractivity contribution in [2.45, 2.75) is 0 Å². The van der Waals surface area contributed by atoms with Crippen molar-refractivity contribution in [1.82, 2.24) is 34.9 Å². The van der Waals surface area contributed by atoms with E-state index in [4.69, 9.17) is 34.9 Å². The van der Waals surface area contributed by atoms with Crippen LogP contribution in [0.4, 0.5) is 0 Å². The summed E-state index contributed by atoms with van der Waals surface area (Å²) in [5.74, 6) is 1.76. The fourth-order valence-corrected chi connectivity index (χ4v) is 5.62. The summed E-state index contributed by atoms with van der Waals surface area (Å²) in [5.41, 5.74) is 7.15. The van der Waals surface area contributed by atoms with Gasteiger partial charge in [-0.15, -0.1) is 0 Å². The molecule has 7 nitrogen and oxygen atoms in total. The number of benzene rings is 4. The van der Waals surface area contributed by atoms with E-state index in [1.165, 1.54) is 0 Å². The van der Waals surface area contributed by atoms with E-state index in [-0.39, 0.29) is 20.4 Å². The first-order valence-electron chi connectivity index (χ1n) is 13.0. The molecule has 0 spiro atoms. The molecule has 0 radical (unpaired) electrons. The Labute approximate surface area is 247 Å². The molecule has 3 aromatic heterocycles. The molecule has 4 aromatic carbocycles. The van der Waals surface area contributed by atoms with Crippen molar-refractivity contribution >= 4 is 44.0 Å². The topological polar surface area (TPSA) is 92.7 Å². The Hall–Kier alpha value is -5.03. The Morgan fingerprint density at radius 1 is 0.390 bits per heavy atom. The number of aromatic nitrogens is 7. The van der Waals surface area contributed by atoms with E-state index in [9.17, 15) is 0 Å². The first-order chi connectivity index (χ1) is 19.8. The van der Waals surface area contributed by atoms with Crippen LogP contribution in [0.25, 0.3) is 89.4 Å². The van der Waals surface area contributed by atoms with Gasteiger partial charge in [-0.05, 0) is 38.8 Å². The van der Waals surface area contributed by atoms with Crippen molar-refractivity contribution < 1.29 is 20.4 Å². The van der Waals surface area contributed by atoms with Crippen molar-refractivity contribution in [2.24, 2.45) is 0 Å². The van der Waals surface area contributed by atoms with Crippen LogP contribution in [0, 0.1) is 0 Å². The molecule has 194 valence electrons. The smallest absolute Gasteiger partial charge is 0.435 e. The average molecular weight is 618 g/mol. The van der Waals surface area contributed by atoms with Gasteiger partial charge in [0.1, 0.15) is 0 Å². The standard InChI is InChI=1S/C33H17N7.Pd/c1-3-11-20-18(9-1)26-17-27-19-10-2-4-12-21(19)29(35-27)37-31-23-14-6-8-16-25(23)33(39-31)40-32-24-15-7-5-13-22(24)30(38-32)36-28(20)34-26;/h1-17H;/q-2;+2. The molecule has 0 aliphatic carbocycles. The quantitative estimate of drug-likeness (QED) is 0.174. The van der Waals surface area contributed by atoms with Crippen LogP contribution in [0.2, 0.25) is 0 Å². The zero-order chi connectivity index (χ0) is 26.2. The van der Waals surface area contributed by atoms with Crippen LogP contribution >= 0.6 is 0 Å². The molecule has 0 saturated carbocycles. The Balaban J connectivity index is 0.00000256. The molecule has 8 bridgehead atoms. The fraction of sp³-hybridized carbons (Fsp3) is 0. The van der Waals surface area contributed by atoms with Gasteiger partial charge < -0.3 is 24.9 Å². The summed E-state index contributed by atoms with van der Waals surface area (Å²) in [6.45, 7) is 0. The molecule has 0 atom stereocenters. The molecule has 0 amide bonds. The normalized spacial score (nSPS) is 11.7. The van der Waals surface area contributed by atoms with E-state index < -0.39 is 0 Å². The van der Waals surface area contributed by atoms with Gasteiger partial charge in [-0.2, -0.15) is 0 Å². The Kier molecular flexibility index (Phi) is 5.23. The summed E-state index contributed by atoms with van der Waals surface area (Å²) < 4.78 is 0. The summed E-state index contributed by atoms with van der Waals surface area (Å²) in [4.78, 5) is 34.7. The van der Waals surface area contributed by atoms with Gasteiger partial charge in [-0.25, -0.2) is 9.97 Å². The van der Waals surface area contributed by atoms with E-state index in [1.807, 2.05) is 91.0 Å². The van der Waals surface area contributed by atoms with Crippen LogP contribution in [0.15, 0.2) is 103 Å². The maximum Gasteiger partial charge on any atom is 2.00 e. The van der Waals surface area contributed by atoms with Crippen molar-refractivity contribution in [3.05, 3.63) is 103 Å². The first kappa shape index (κ1) is 23.8. The zero-order valence-electron chi connectivity index (χ0n) is 21.3. The van der Waals surface area contributed by atoms with Crippen LogP contribution in [0.5, 0.6) is 0 Å². The van der Waals surface area contributed by atoms with Crippen LogP contribution in [0.1, 0.15) is 0 Å². The molecule has 0 saturated heterocycles. The third-order valence-corrected chi connectivity index (χ3v) is 7.49. The summed E-state index contributed by atoms with van der Waals surface area (Å²) in [5, 5.41) is 3.78. The van der Waals surface area contributed by atoms with Crippen LogP contribution in [0.3, 0.4) is 0 Å². The van der Waals surface area contributed by atoms with E-state index in [2.05, 4.69) is 12.1 Å². The molecular formula is C33H17N7Pd. The number of nitrogens with zero attached hydrogens (tertiary/aromatic N) is 7. The average Bonchev–Trinajstić information content (AvgIpc) is 3.73. The van der Waals surface area contributed by atoms with Crippen molar-refractivity contribution in [3.63, 3.8) is 0 Å². The fourth-order valence-electron chi connectivity index (χ4n) is 5.62. The SMILES string of the molecule is [Pd+2].c1ccc2c(c1)-c1cc3[n-]c(nc4nc(nc5[n-]c(nc-2n1)c1ccccc51)-c1ccccc1-4)c1ccccc31. The molecule has 8 heteroatoms. The monoisotopic (exact) mass is 617 g/mol. The van der Waals surface area contributed by atoms with Gasteiger partial charge in [0.05, 0.1) is 23.2 Å². The molecule has 7 aromatic rings. The largest absolute Gasteiger partial charge is 2.00 e. The number of hydrogen-bond acceptors (Lipinski definition) is 5. The van der Waals surface area contributed by atoms with Crippen molar-refractivity contribution in [1.29, 1.82) is 0 Å². The Bertz CT molecular complexity index is 2030. The van der Waals surface area contributed by atoms with Gasteiger partial charge in [0.15, 0.2) is 0 Å². The number of rotatable bonds is 0. The third kappa shape index (κ3) is 3.59. The summed E-state index contributed by atoms with van der Waals surface area (Å²) in [6, 6.07) is 34.3. The second-order valence-electron chi connectivity index (χ2n) is 9.82. The molecule has 2 aliphatic heterocycles. The first-order valence-corrected chi connectivity index (χ1v) is 13.0. The summed E-state index contributed by atoms with van der Waals surface area (Å²) >= 11 is 0. The van der Waals surface area contributed by atoms with Gasteiger partial charge >= 0.3 is 20.4 Å². The van der Waals surface area contributed by atoms with E-state index in [1.54, 1.807) is 0 Å². The number of hydrogen-bond donors (Lipinski definition) is 0. The van der Waals surface area contributed by atoms with Crippen molar-refractivity contribution in [2.75, 3.05) is 0 Å². The molecule has 2 aliphatic rings. The summed E-state index contributed by atoms with van der Waals surface area (Å²) in [7, 11) is 0. The molecule has 0 fully saturated rings. The Morgan fingerprint density at radius 2 is 0.805 bits per heavy atom. The van der Waals surface area contributed by atoms with E-state index in [0.29, 0.717) is 34.4 Å². The zero-order valence-corrected chi connectivity index (χ0v) is 22.8. The van der Waals surface area contributed by atoms with Gasteiger partial charge in [0.2, 0.25) is 0 Å². The van der Waals surface area contributed by atoms with Gasteiger partial charge in [-0.3, -0.25) is 0 Å². The predicted molar refractivity (Wildman–Crippen MR) is 156 cm³/mol. The van der Waals surface area contributed by atoms with Gasteiger partial charge in [-0.1, -0.05) is 97.1 Å². The summed E-state index contributed by atoms with van der Waals surface area (Å²) in [6.07, 6.45) is 0. The number of fused-ring (bicyclic) bond motifs is 20. The molecule has 41 heavy (non-hydrogen) atoms. The second-order valence-corrected chi connectivity index (χ2v) is 9.82.